The minimum Gasteiger partial charge on any atom is -0.497 e. The Labute approximate surface area is 167 Å². The Bertz CT molecular complexity index is 805. The summed E-state index contributed by atoms with van der Waals surface area (Å²) < 4.78 is 5.23. The van der Waals surface area contributed by atoms with Gasteiger partial charge in [0.05, 0.1) is 7.11 Å². The molecule has 1 saturated heterocycles. The fourth-order valence-corrected chi connectivity index (χ4v) is 3.44. The molecule has 1 aromatic carbocycles. The van der Waals surface area contributed by atoms with Gasteiger partial charge in [-0.05, 0) is 56.4 Å². The molecule has 1 amide bonds. The molecule has 1 N–H and O–H groups in total. The number of rotatable bonds is 6. The monoisotopic (exact) mass is 382 g/mol. The van der Waals surface area contributed by atoms with Crippen LogP contribution in [0.25, 0.3) is 11.4 Å². The molecule has 0 radical (unpaired) electrons. The van der Waals surface area contributed by atoms with Crippen molar-refractivity contribution in [1.82, 2.24) is 15.3 Å². The van der Waals surface area contributed by atoms with Crippen molar-refractivity contribution >= 4 is 11.7 Å². The first kappa shape index (κ1) is 20.1. The van der Waals surface area contributed by atoms with Gasteiger partial charge in [-0.25, -0.2) is 9.97 Å². The Balaban J connectivity index is 1.98. The molecule has 2 heterocycles. The number of carbonyl (C=O) groups excluding carboxylic acids is 1. The lowest BCUT2D eigenvalue weighted by Crippen LogP contribution is -2.40. The van der Waals surface area contributed by atoms with E-state index < -0.39 is 0 Å². The molecule has 1 unspecified atom stereocenters. The molecule has 28 heavy (non-hydrogen) atoms. The van der Waals surface area contributed by atoms with Crippen LogP contribution in [0, 0.1) is 5.92 Å². The number of amides is 1. The highest BCUT2D eigenvalue weighted by Gasteiger charge is 2.26. The molecule has 6 nitrogen and oxygen atoms in total. The Morgan fingerprint density at radius 3 is 2.68 bits per heavy atom. The second kappa shape index (κ2) is 9.04. The predicted octanol–water partition coefficient (Wildman–Crippen LogP) is 3.92. The summed E-state index contributed by atoms with van der Waals surface area (Å²) in [6.07, 6.45) is 5.09. The molecular formula is C22H30N4O2. The number of methoxy groups -OCH3 is 1. The molecule has 150 valence electrons. The van der Waals surface area contributed by atoms with Gasteiger partial charge in [-0.1, -0.05) is 13.8 Å². The van der Waals surface area contributed by atoms with Crippen LogP contribution in [0.1, 0.15) is 50.4 Å². The lowest BCUT2D eigenvalue weighted by Gasteiger charge is -2.35. The Morgan fingerprint density at radius 2 is 2.04 bits per heavy atom. The zero-order valence-corrected chi connectivity index (χ0v) is 17.2. The van der Waals surface area contributed by atoms with E-state index in [9.17, 15) is 4.79 Å². The van der Waals surface area contributed by atoms with Gasteiger partial charge < -0.3 is 15.0 Å². The number of piperidine rings is 1. The first-order valence-corrected chi connectivity index (χ1v) is 10.1. The zero-order chi connectivity index (χ0) is 20.1. The average molecular weight is 383 g/mol. The number of nitrogens with zero attached hydrogens (tertiary/aromatic N) is 3. The van der Waals surface area contributed by atoms with E-state index in [-0.39, 0.29) is 5.91 Å². The highest BCUT2D eigenvalue weighted by Crippen LogP contribution is 2.28. The number of hydrogen-bond acceptors (Lipinski definition) is 5. The van der Waals surface area contributed by atoms with E-state index in [0.717, 1.165) is 36.5 Å². The second-order valence-electron chi connectivity index (χ2n) is 7.80. The van der Waals surface area contributed by atoms with Gasteiger partial charge >= 0.3 is 0 Å². The van der Waals surface area contributed by atoms with Gasteiger partial charge in [-0.3, -0.25) is 4.79 Å². The third-order valence-electron chi connectivity index (χ3n) is 5.11. The largest absolute Gasteiger partial charge is 0.497 e. The highest BCUT2D eigenvalue weighted by atomic mass is 16.5. The van der Waals surface area contributed by atoms with E-state index in [1.165, 1.54) is 6.42 Å². The Hall–Kier alpha value is -2.63. The Kier molecular flexibility index (Phi) is 6.49. The summed E-state index contributed by atoms with van der Waals surface area (Å²) in [6, 6.07) is 8.02. The molecule has 1 fully saturated rings. The van der Waals surface area contributed by atoms with Gasteiger partial charge in [0.2, 0.25) is 0 Å². The number of anilines is 1. The standard InChI is InChI=1S/C22H30N4O2/c1-15(2)13-24-22(27)19-14-23-20(17-8-10-18(28-4)11-9-17)25-21(19)26-12-6-5-7-16(26)3/h8-11,14-16H,5-7,12-13H2,1-4H3,(H,24,27). The summed E-state index contributed by atoms with van der Waals surface area (Å²) in [5.74, 6) is 2.42. The van der Waals surface area contributed by atoms with Crippen molar-refractivity contribution in [2.24, 2.45) is 5.92 Å². The van der Waals surface area contributed by atoms with Crippen LogP contribution in [0.4, 0.5) is 5.82 Å². The highest BCUT2D eigenvalue weighted by molar-refractivity contribution is 5.99. The van der Waals surface area contributed by atoms with Crippen molar-refractivity contribution in [3.63, 3.8) is 0 Å². The van der Waals surface area contributed by atoms with Crippen molar-refractivity contribution in [3.05, 3.63) is 36.0 Å². The average Bonchev–Trinajstić information content (AvgIpc) is 2.72. The molecular weight excluding hydrogens is 352 g/mol. The zero-order valence-electron chi connectivity index (χ0n) is 17.2. The SMILES string of the molecule is COc1ccc(-c2ncc(C(=O)NCC(C)C)c(N3CCCCC3C)n2)cc1. The van der Waals surface area contributed by atoms with E-state index in [1.54, 1.807) is 13.3 Å². The maximum Gasteiger partial charge on any atom is 0.256 e. The van der Waals surface area contributed by atoms with E-state index in [2.05, 4.69) is 36.0 Å². The minimum atomic E-state index is -0.109. The number of benzene rings is 1. The fourth-order valence-electron chi connectivity index (χ4n) is 3.44. The maximum atomic E-state index is 12.8. The van der Waals surface area contributed by atoms with Crippen LogP contribution in [0.5, 0.6) is 5.75 Å². The summed E-state index contributed by atoms with van der Waals surface area (Å²) in [6.45, 7) is 7.90. The quantitative estimate of drug-likeness (QED) is 0.820. The molecule has 1 aliphatic heterocycles. The van der Waals surface area contributed by atoms with E-state index in [1.807, 2.05) is 24.3 Å². The second-order valence-corrected chi connectivity index (χ2v) is 7.80. The van der Waals surface area contributed by atoms with E-state index >= 15 is 0 Å². The summed E-state index contributed by atoms with van der Waals surface area (Å²) in [7, 11) is 1.64. The third kappa shape index (κ3) is 4.61. The first-order chi connectivity index (χ1) is 13.5. The molecule has 0 aliphatic carbocycles. The van der Waals surface area contributed by atoms with Gasteiger partial charge in [0.25, 0.3) is 5.91 Å². The van der Waals surface area contributed by atoms with Crippen LogP contribution in [0.15, 0.2) is 30.5 Å². The van der Waals surface area contributed by atoms with Crippen LogP contribution in [0.2, 0.25) is 0 Å². The molecule has 3 rings (SSSR count). The predicted molar refractivity (Wildman–Crippen MR) is 112 cm³/mol. The lowest BCUT2D eigenvalue weighted by molar-refractivity contribution is 0.0948. The number of carbonyl (C=O) groups is 1. The van der Waals surface area contributed by atoms with Crippen molar-refractivity contribution < 1.29 is 9.53 Å². The smallest absolute Gasteiger partial charge is 0.256 e. The molecule has 0 saturated carbocycles. The summed E-state index contributed by atoms with van der Waals surface area (Å²) in [5.41, 5.74) is 1.45. The third-order valence-corrected chi connectivity index (χ3v) is 5.11. The summed E-state index contributed by atoms with van der Waals surface area (Å²) >= 11 is 0. The molecule has 1 aliphatic rings. The van der Waals surface area contributed by atoms with E-state index in [0.29, 0.717) is 29.9 Å². The molecule has 6 heteroatoms. The van der Waals surface area contributed by atoms with Crippen LogP contribution in [-0.2, 0) is 0 Å². The lowest BCUT2D eigenvalue weighted by atomic mass is 10.0. The molecule has 1 aromatic heterocycles. The van der Waals surface area contributed by atoms with Crippen LogP contribution >= 0.6 is 0 Å². The fraction of sp³-hybridized carbons (Fsp3) is 0.500. The molecule has 0 spiro atoms. The number of nitrogens with one attached hydrogen (secondary N) is 1. The minimum absolute atomic E-state index is 0.109. The first-order valence-electron chi connectivity index (χ1n) is 10.1. The van der Waals surface area contributed by atoms with Crippen molar-refractivity contribution in [1.29, 1.82) is 0 Å². The van der Waals surface area contributed by atoms with E-state index in [4.69, 9.17) is 9.72 Å². The molecule has 1 atom stereocenters. The molecule has 0 bridgehead atoms. The normalized spacial score (nSPS) is 16.9. The van der Waals surface area contributed by atoms with Crippen LogP contribution in [-0.4, -0.2) is 42.1 Å². The van der Waals surface area contributed by atoms with Gasteiger partial charge in [-0.2, -0.15) is 0 Å². The Morgan fingerprint density at radius 1 is 1.29 bits per heavy atom. The van der Waals surface area contributed by atoms with Gasteiger partial charge in [0, 0.05) is 30.9 Å². The van der Waals surface area contributed by atoms with Gasteiger partial charge in [-0.15, -0.1) is 0 Å². The van der Waals surface area contributed by atoms with Crippen molar-refractivity contribution in [3.8, 4) is 17.1 Å². The van der Waals surface area contributed by atoms with Crippen molar-refractivity contribution in [2.45, 2.75) is 46.1 Å². The maximum absolute atomic E-state index is 12.8. The number of hydrogen-bond donors (Lipinski definition) is 1. The molecule has 2 aromatic rings. The van der Waals surface area contributed by atoms with Gasteiger partial charge in [0.1, 0.15) is 17.1 Å². The van der Waals surface area contributed by atoms with Crippen LogP contribution in [0.3, 0.4) is 0 Å². The van der Waals surface area contributed by atoms with Crippen LogP contribution < -0.4 is 15.0 Å². The summed E-state index contributed by atoms with van der Waals surface area (Å²) in [5, 5.41) is 3.00. The van der Waals surface area contributed by atoms with Gasteiger partial charge in [0.15, 0.2) is 5.82 Å². The number of aromatic nitrogens is 2. The summed E-state index contributed by atoms with van der Waals surface area (Å²) in [4.78, 5) is 24.4. The topological polar surface area (TPSA) is 67.3 Å². The van der Waals surface area contributed by atoms with Crippen molar-refractivity contribution in [2.75, 3.05) is 25.1 Å². The number of ether oxygens (including phenoxy) is 1.